The van der Waals surface area contributed by atoms with Crippen molar-refractivity contribution in [3.8, 4) is 0 Å². The normalized spacial score (nSPS) is 10.7. The van der Waals surface area contributed by atoms with Gasteiger partial charge in [-0.2, -0.15) is 0 Å². The highest BCUT2D eigenvalue weighted by Gasteiger charge is 2.03. The van der Waals surface area contributed by atoms with Gasteiger partial charge in [0.05, 0.1) is 0 Å². The molecule has 0 saturated heterocycles. The standard InChI is InChI=1S/C14H11Br2F2N/c15-11-3-9(4-13(18)6-11)7-19-8-10-5-12(17)1-2-14(10)16/h1-6,19H,7-8H2. The SMILES string of the molecule is Fc1cc(Br)cc(CNCc2cc(F)ccc2Br)c1. The lowest BCUT2D eigenvalue weighted by molar-refractivity contribution is 0.614. The topological polar surface area (TPSA) is 12.0 Å². The molecule has 19 heavy (non-hydrogen) atoms. The molecule has 0 atom stereocenters. The summed E-state index contributed by atoms with van der Waals surface area (Å²) in [6.45, 7) is 1.02. The van der Waals surface area contributed by atoms with Gasteiger partial charge in [-0.3, -0.25) is 0 Å². The van der Waals surface area contributed by atoms with Crippen LogP contribution in [0.1, 0.15) is 11.1 Å². The molecular formula is C14H11Br2F2N. The molecule has 0 aliphatic rings. The molecule has 0 unspecified atom stereocenters. The van der Waals surface area contributed by atoms with Crippen molar-refractivity contribution in [2.75, 3.05) is 0 Å². The van der Waals surface area contributed by atoms with Gasteiger partial charge in [0.25, 0.3) is 0 Å². The minimum Gasteiger partial charge on any atom is -0.309 e. The molecule has 2 aromatic carbocycles. The first-order valence-corrected chi connectivity index (χ1v) is 7.23. The Kier molecular flexibility index (Phi) is 5.07. The molecule has 0 aliphatic heterocycles. The summed E-state index contributed by atoms with van der Waals surface area (Å²) in [5.74, 6) is -0.549. The fourth-order valence-corrected chi connectivity index (χ4v) is 2.63. The number of hydrogen-bond acceptors (Lipinski definition) is 1. The molecule has 100 valence electrons. The number of hydrogen-bond donors (Lipinski definition) is 1. The Labute approximate surface area is 127 Å². The van der Waals surface area contributed by atoms with Gasteiger partial charge in [0.15, 0.2) is 0 Å². The fraction of sp³-hybridized carbons (Fsp3) is 0.143. The zero-order valence-electron chi connectivity index (χ0n) is 9.89. The lowest BCUT2D eigenvalue weighted by atomic mass is 10.2. The number of nitrogens with one attached hydrogen (secondary N) is 1. The van der Waals surface area contributed by atoms with Crippen molar-refractivity contribution >= 4 is 31.9 Å². The molecule has 0 aromatic heterocycles. The van der Waals surface area contributed by atoms with Crippen molar-refractivity contribution in [3.63, 3.8) is 0 Å². The number of halogens is 4. The third-order valence-corrected chi connectivity index (χ3v) is 3.81. The van der Waals surface area contributed by atoms with Gasteiger partial charge in [-0.1, -0.05) is 31.9 Å². The van der Waals surface area contributed by atoms with E-state index in [0.29, 0.717) is 17.6 Å². The van der Waals surface area contributed by atoms with Crippen molar-refractivity contribution in [2.45, 2.75) is 13.1 Å². The predicted molar refractivity (Wildman–Crippen MR) is 78.7 cm³/mol. The highest BCUT2D eigenvalue weighted by molar-refractivity contribution is 9.10. The van der Waals surface area contributed by atoms with E-state index in [9.17, 15) is 8.78 Å². The monoisotopic (exact) mass is 389 g/mol. The van der Waals surface area contributed by atoms with E-state index in [-0.39, 0.29) is 11.6 Å². The van der Waals surface area contributed by atoms with E-state index in [0.717, 1.165) is 15.6 Å². The maximum Gasteiger partial charge on any atom is 0.124 e. The third kappa shape index (κ3) is 4.37. The summed E-state index contributed by atoms with van der Waals surface area (Å²) in [6, 6.07) is 9.27. The second-order valence-electron chi connectivity index (χ2n) is 4.12. The number of rotatable bonds is 4. The molecule has 0 bridgehead atoms. The van der Waals surface area contributed by atoms with Gasteiger partial charge in [0.1, 0.15) is 11.6 Å². The Hall–Kier alpha value is -0.780. The van der Waals surface area contributed by atoms with Gasteiger partial charge < -0.3 is 5.32 Å². The Morgan fingerprint density at radius 2 is 1.68 bits per heavy atom. The Balaban J connectivity index is 1.98. The van der Waals surface area contributed by atoms with Crippen molar-refractivity contribution in [2.24, 2.45) is 0 Å². The molecular weight excluding hydrogens is 380 g/mol. The van der Waals surface area contributed by atoms with E-state index in [4.69, 9.17) is 0 Å². The Morgan fingerprint density at radius 3 is 2.42 bits per heavy atom. The summed E-state index contributed by atoms with van der Waals surface area (Å²) in [5, 5.41) is 3.16. The molecule has 2 rings (SSSR count). The minimum atomic E-state index is -0.280. The third-order valence-electron chi connectivity index (χ3n) is 2.57. The summed E-state index contributed by atoms with van der Waals surface area (Å²) < 4.78 is 27.8. The second kappa shape index (κ2) is 6.59. The van der Waals surface area contributed by atoms with E-state index >= 15 is 0 Å². The smallest absolute Gasteiger partial charge is 0.124 e. The molecule has 0 amide bonds. The summed E-state index contributed by atoms with van der Waals surface area (Å²) in [5.41, 5.74) is 1.66. The Bertz CT molecular complexity index is 567. The molecule has 0 saturated carbocycles. The first-order valence-electron chi connectivity index (χ1n) is 5.64. The first kappa shape index (κ1) is 14.6. The quantitative estimate of drug-likeness (QED) is 0.792. The van der Waals surface area contributed by atoms with E-state index in [1.54, 1.807) is 6.07 Å². The van der Waals surface area contributed by atoms with Gasteiger partial charge in [0, 0.05) is 22.0 Å². The first-order chi connectivity index (χ1) is 9.04. The zero-order chi connectivity index (χ0) is 13.8. The van der Waals surface area contributed by atoms with Crippen LogP contribution in [-0.2, 0) is 13.1 Å². The second-order valence-corrected chi connectivity index (χ2v) is 5.89. The predicted octanol–water partition coefficient (Wildman–Crippen LogP) is 4.78. The van der Waals surface area contributed by atoms with Crippen molar-refractivity contribution in [1.82, 2.24) is 5.32 Å². The van der Waals surface area contributed by atoms with E-state index < -0.39 is 0 Å². The molecule has 1 nitrogen and oxygen atoms in total. The summed E-state index contributed by atoms with van der Waals surface area (Å²) in [7, 11) is 0. The zero-order valence-corrected chi connectivity index (χ0v) is 13.1. The van der Waals surface area contributed by atoms with Crippen molar-refractivity contribution < 1.29 is 8.78 Å². The van der Waals surface area contributed by atoms with E-state index in [2.05, 4.69) is 37.2 Å². The molecule has 0 aliphatic carbocycles. The lowest BCUT2D eigenvalue weighted by Crippen LogP contribution is -2.13. The van der Waals surface area contributed by atoms with Gasteiger partial charge in [0.2, 0.25) is 0 Å². The number of benzene rings is 2. The average Bonchev–Trinajstić information content (AvgIpc) is 2.32. The highest BCUT2D eigenvalue weighted by atomic mass is 79.9. The van der Waals surface area contributed by atoms with Gasteiger partial charge in [-0.05, 0) is 47.5 Å². The maximum atomic E-state index is 13.2. The Morgan fingerprint density at radius 1 is 0.895 bits per heavy atom. The average molecular weight is 391 g/mol. The van der Waals surface area contributed by atoms with Gasteiger partial charge in [-0.25, -0.2) is 8.78 Å². The summed E-state index contributed by atoms with van der Waals surface area (Å²) in [4.78, 5) is 0. The molecule has 5 heteroatoms. The van der Waals surface area contributed by atoms with E-state index in [1.165, 1.54) is 24.3 Å². The van der Waals surface area contributed by atoms with E-state index in [1.807, 2.05) is 6.07 Å². The lowest BCUT2D eigenvalue weighted by Gasteiger charge is -2.08. The van der Waals surface area contributed by atoms with Crippen LogP contribution in [0.3, 0.4) is 0 Å². The largest absolute Gasteiger partial charge is 0.309 e. The van der Waals surface area contributed by atoms with Crippen LogP contribution in [0.4, 0.5) is 8.78 Å². The molecule has 1 N–H and O–H groups in total. The molecule has 0 spiro atoms. The molecule has 0 heterocycles. The van der Waals surface area contributed by atoms with Crippen LogP contribution in [0.2, 0.25) is 0 Å². The summed E-state index contributed by atoms with van der Waals surface area (Å²) >= 11 is 6.61. The summed E-state index contributed by atoms with van der Waals surface area (Å²) in [6.07, 6.45) is 0. The van der Waals surface area contributed by atoms with Crippen LogP contribution < -0.4 is 5.32 Å². The van der Waals surface area contributed by atoms with Crippen LogP contribution in [0.15, 0.2) is 45.3 Å². The molecule has 2 aromatic rings. The fourth-order valence-electron chi connectivity index (χ4n) is 1.73. The van der Waals surface area contributed by atoms with Crippen LogP contribution in [0, 0.1) is 11.6 Å². The van der Waals surface area contributed by atoms with Gasteiger partial charge >= 0.3 is 0 Å². The van der Waals surface area contributed by atoms with Crippen LogP contribution in [0.5, 0.6) is 0 Å². The van der Waals surface area contributed by atoms with Crippen molar-refractivity contribution in [1.29, 1.82) is 0 Å². The van der Waals surface area contributed by atoms with Crippen LogP contribution in [-0.4, -0.2) is 0 Å². The molecule has 0 radical (unpaired) electrons. The van der Waals surface area contributed by atoms with Crippen molar-refractivity contribution in [3.05, 3.63) is 68.1 Å². The minimum absolute atomic E-state index is 0.270. The molecule has 0 fully saturated rings. The van der Waals surface area contributed by atoms with Crippen LogP contribution >= 0.6 is 31.9 Å². The van der Waals surface area contributed by atoms with Crippen LogP contribution in [0.25, 0.3) is 0 Å². The van der Waals surface area contributed by atoms with Gasteiger partial charge in [-0.15, -0.1) is 0 Å². The highest BCUT2D eigenvalue weighted by Crippen LogP contribution is 2.18. The maximum absolute atomic E-state index is 13.2.